The Kier molecular flexibility index (Phi) is 5.00. The topological polar surface area (TPSA) is 24.1 Å². The minimum Gasteiger partial charge on any atom is -0.383 e. The summed E-state index contributed by atoms with van der Waals surface area (Å²) in [6.07, 6.45) is 6.38. The van der Waals surface area contributed by atoms with Gasteiger partial charge in [0.05, 0.1) is 0 Å². The quantitative estimate of drug-likeness (QED) is 0.854. The van der Waals surface area contributed by atoms with Gasteiger partial charge in [-0.25, -0.2) is 4.39 Å². The first-order valence-corrected chi connectivity index (χ1v) is 6.99. The molecule has 3 heteroatoms. The van der Waals surface area contributed by atoms with Crippen LogP contribution in [0.4, 0.5) is 10.1 Å². The highest BCUT2D eigenvalue weighted by atomic mass is 19.1. The molecule has 1 heterocycles. The molecular weight excluding hydrogens is 227 g/mol. The minimum atomic E-state index is -0.182. The molecule has 0 saturated carbocycles. The van der Waals surface area contributed by atoms with Gasteiger partial charge >= 0.3 is 0 Å². The summed E-state index contributed by atoms with van der Waals surface area (Å²) in [7, 11) is 0. The maximum absolute atomic E-state index is 12.8. The second kappa shape index (κ2) is 6.74. The Bertz CT molecular complexity index is 342. The molecule has 2 rings (SSSR count). The standard InChI is InChI=1S/C15H23FN2/c1-12(11-15-5-3-2-4-10-17-15)18-14-8-6-13(16)7-9-14/h6-9,12,15,17-18H,2-5,10-11H2,1H3. The van der Waals surface area contributed by atoms with Crippen LogP contribution in [0.1, 0.15) is 39.0 Å². The third-order valence-corrected chi connectivity index (χ3v) is 3.56. The van der Waals surface area contributed by atoms with Crippen LogP contribution >= 0.6 is 0 Å². The van der Waals surface area contributed by atoms with Gasteiger partial charge in [-0.3, -0.25) is 0 Å². The Morgan fingerprint density at radius 1 is 1.28 bits per heavy atom. The summed E-state index contributed by atoms with van der Waals surface area (Å²) in [5.41, 5.74) is 0.998. The van der Waals surface area contributed by atoms with Crippen LogP contribution in [0.5, 0.6) is 0 Å². The molecular formula is C15H23FN2. The highest BCUT2D eigenvalue weighted by molar-refractivity contribution is 5.43. The molecule has 1 aromatic carbocycles. The van der Waals surface area contributed by atoms with Gasteiger partial charge in [-0.15, -0.1) is 0 Å². The van der Waals surface area contributed by atoms with E-state index in [0.29, 0.717) is 12.1 Å². The van der Waals surface area contributed by atoms with E-state index in [0.717, 1.165) is 18.7 Å². The molecule has 0 aliphatic carbocycles. The molecule has 0 bridgehead atoms. The molecule has 2 nitrogen and oxygen atoms in total. The van der Waals surface area contributed by atoms with Crippen molar-refractivity contribution in [1.82, 2.24) is 5.32 Å². The van der Waals surface area contributed by atoms with Crippen molar-refractivity contribution in [2.75, 3.05) is 11.9 Å². The smallest absolute Gasteiger partial charge is 0.123 e. The van der Waals surface area contributed by atoms with Gasteiger partial charge in [0, 0.05) is 17.8 Å². The van der Waals surface area contributed by atoms with E-state index < -0.39 is 0 Å². The van der Waals surface area contributed by atoms with Gasteiger partial charge in [0.25, 0.3) is 0 Å². The minimum absolute atomic E-state index is 0.182. The highest BCUT2D eigenvalue weighted by Crippen LogP contribution is 2.16. The Labute approximate surface area is 109 Å². The average Bonchev–Trinajstić information content (AvgIpc) is 2.61. The van der Waals surface area contributed by atoms with Crippen molar-refractivity contribution in [2.24, 2.45) is 0 Å². The van der Waals surface area contributed by atoms with Crippen molar-refractivity contribution < 1.29 is 4.39 Å². The molecule has 0 aromatic heterocycles. The summed E-state index contributed by atoms with van der Waals surface area (Å²) in [6, 6.07) is 7.62. The molecule has 1 aliphatic rings. The van der Waals surface area contributed by atoms with Gasteiger partial charge in [-0.2, -0.15) is 0 Å². The molecule has 1 fully saturated rings. The van der Waals surface area contributed by atoms with E-state index in [4.69, 9.17) is 0 Å². The number of benzene rings is 1. The van der Waals surface area contributed by atoms with Crippen molar-refractivity contribution >= 4 is 5.69 Å². The van der Waals surface area contributed by atoms with Gasteiger partial charge in [0.2, 0.25) is 0 Å². The molecule has 0 radical (unpaired) electrons. The lowest BCUT2D eigenvalue weighted by Crippen LogP contribution is -2.33. The van der Waals surface area contributed by atoms with Crippen LogP contribution < -0.4 is 10.6 Å². The zero-order chi connectivity index (χ0) is 12.8. The number of hydrogen-bond donors (Lipinski definition) is 2. The summed E-state index contributed by atoms with van der Waals surface area (Å²) in [5.74, 6) is -0.182. The normalized spacial score (nSPS) is 22.2. The van der Waals surface area contributed by atoms with E-state index in [1.165, 1.54) is 37.8 Å². The Morgan fingerprint density at radius 2 is 2.06 bits per heavy atom. The fourth-order valence-electron chi connectivity index (χ4n) is 2.62. The Balaban J connectivity index is 1.80. The number of halogens is 1. The second-order valence-corrected chi connectivity index (χ2v) is 5.29. The molecule has 18 heavy (non-hydrogen) atoms. The first-order valence-electron chi connectivity index (χ1n) is 6.99. The Hall–Kier alpha value is -1.09. The van der Waals surface area contributed by atoms with E-state index in [1.54, 1.807) is 12.1 Å². The van der Waals surface area contributed by atoms with E-state index in [-0.39, 0.29) is 5.82 Å². The van der Waals surface area contributed by atoms with Crippen LogP contribution in [0.25, 0.3) is 0 Å². The fourth-order valence-corrected chi connectivity index (χ4v) is 2.62. The third-order valence-electron chi connectivity index (χ3n) is 3.56. The van der Waals surface area contributed by atoms with E-state index in [1.807, 2.05) is 0 Å². The molecule has 1 aliphatic heterocycles. The van der Waals surface area contributed by atoms with Crippen LogP contribution in [-0.2, 0) is 0 Å². The van der Waals surface area contributed by atoms with Crippen LogP contribution in [0.15, 0.2) is 24.3 Å². The molecule has 0 amide bonds. The van der Waals surface area contributed by atoms with Crippen LogP contribution in [0.3, 0.4) is 0 Å². The van der Waals surface area contributed by atoms with Crippen molar-refractivity contribution in [2.45, 2.75) is 51.1 Å². The number of rotatable bonds is 4. The van der Waals surface area contributed by atoms with E-state index in [9.17, 15) is 4.39 Å². The van der Waals surface area contributed by atoms with Crippen LogP contribution in [0, 0.1) is 5.82 Å². The molecule has 100 valence electrons. The Morgan fingerprint density at radius 3 is 2.83 bits per heavy atom. The van der Waals surface area contributed by atoms with Crippen molar-refractivity contribution in [3.8, 4) is 0 Å². The largest absolute Gasteiger partial charge is 0.383 e. The fraction of sp³-hybridized carbons (Fsp3) is 0.600. The highest BCUT2D eigenvalue weighted by Gasteiger charge is 2.14. The molecule has 0 spiro atoms. The molecule has 2 unspecified atom stereocenters. The van der Waals surface area contributed by atoms with Gasteiger partial charge in [0.1, 0.15) is 5.82 Å². The van der Waals surface area contributed by atoms with Crippen LogP contribution in [0.2, 0.25) is 0 Å². The zero-order valence-electron chi connectivity index (χ0n) is 11.1. The van der Waals surface area contributed by atoms with Crippen LogP contribution in [-0.4, -0.2) is 18.6 Å². The maximum atomic E-state index is 12.8. The summed E-state index contributed by atoms with van der Waals surface area (Å²) >= 11 is 0. The van der Waals surface area contributed by atoms with Crippen molar-refractivity contribution in [3.63, 3.8) is 0 Å². The maximum Gasteiger partial charge on any atom is 0.123 e. The summed E-state index contributed by atoms with van der Waals surface area (Å²) in [6.45, 7) is 3.34. The van der Waals surface area contributed by atoms with Gasteiger partial charge < -0.3 is 10.6 Å². The first-order chi connectivity index (χ1) is 8.74. The predicted octanol–water partition coefficient (Wildman–Crippen LogP) is 3.55. The summed E-state index contributed by atoms with van der Waals surface area (Å²) in [5, 5.41) is 7.04. The number of anilines is 1. The molecule has 1 saturated heterocycles. The number of hydrogen-bond acceptors (Lipinski definition) is 2. The second-order valence-electron chi connectivity index (χ2n) is 5.29. The third kappa shape index (κ3) is 4.30. The van der Waals surface area contributed by atoms with Crippen molar-refractivity contribution in [1.29, 1.82) is 0 Å². The van der Waals surface area contributed by atoms with Crippen molar-refractivity contribution in [3.05, 3.63) is 30.1 Å². The summed E-state index contributed by atoms with van der Waals surface area (Å²) in [4.78, 5) is 0. The predicted molar refractivity (Wildman–Crippen MR) is 74.4 cm³/mol. The average molecular weight is 250 g/mol. The lowest BCUT2D eigenvalue weighted by Gasteiger charge is -2.22. The van der Waals surface area contributed by atoms with Gasteiger partial charge in [0.15, 0.2) is 0 Å². The summed E-state index contributed by atoms with van der Waals surface area (Å²) < 4.78 is 12.8. The lowest BCUT2D eigenvalue weighted by molar-refractivity contribution is 0.456. The van der Waals surface area contributed by atoms with Gasteiger partial charge in [-0.1, -0.05) is 12.8 Å². The van der Waals surface area contributed by atoms with E-state index in [2.05, 4.69) is 17.6 Å². The number of nitrogens with one attached hydrogen (secondary N) is 2. The molecule has 2 atom stereocenters. The first kappa shape index (κ1) is 13.3. The molecule has 1 aromatic rings. The lowest BCUT2D eigenvalue weighted by atomic mass is 10.0. The van der Waals surface area contributed by atoms with E-state index >= 15 is 0 Å². The monoisotopic (exact) mass is 250 g/mol. The zero-order valence-corrected chi connectivity index (χ0v) is 11.1. The van der Waals surface area contributed by atoms with Gasteiger partial charge in [-0.05, 0) is 57.0 Å². The molecule has 2 N–H and O–H groups in total. The SMILES string of the molecule is CC(CC1CCCCCN1)Nc1ccc(F)cc1.